The maximum absolute atomic E-state index is 11.9. The molecular formula is C17H17Cl2NO3. The van der Waals surface area contributed by atoms with Gasteiger partial charge in [-0.25, -0.2) is 0 Å². The Labute approximate surface area is 145 Å². The largest absolute Gasteiger partial charge is 0.481 e. The van der Waals surface area contributed by atoms with Crippen LogP contribution >= 0.6 is 24.0 Å². The minimum absolute atomic E-state index is 0. The molecule has 0 aliphatic carbocycles. The molecule has 6 heteroatoms. The summed E-state index contributed by atoms with van der Waals surface area (Å²) in [4.78, 5) is 11.9. The van der Waals surface area contributed by atoms with Crippen LogP contribution in [0.4, 0.5) is 0 Å². The summed E-state index contributed by atoms with van der Waals surface area (Å²) in [5, 5.41) is 13.4. The number of hydrogen-bond acceptors (Lipinski definition) is 3. The Morgan fingerprint density at radius 3 is 2.61 bits per heavy atom. The summed E-state index contributed by atoms with van der Waals surface area (Å²) in [6, 6.07) is 12.7. The number of para-hydroxylation sites is 1. The number of fused-ring (bicyclic) bond motifs is 2. The van der Waals surface area contributed by atoms with Crippen molar-refractivity contribution in [2.75, 3.05) is 13.6 Å². The first-order chi connectivity index (χ1) is 10.6. The van der Waals surface area contributed by atoms with Crippen LogP contribution in [0.25, 0.3) is 0 Å². The highest BCUT2D eigenvalue weighted by Crippen LogP contribution is 2.46. The second-order valence-corrected chi connectivity index (χ2v) is 5.74. The molecule has 0 amide bonds. The average Bonchev–Trinajstić information content (AvgIpc) is 2.62. The van der Waals surface area contributed by atoms with Crippen molar-refractivity contribution < 1.29 is 14.6 Å². The summed E-state index contributed by atoms with van der Waals surface area (Å²) in [6.45, 7) is 0.531. The molecule has 0 unspecified atom stereocenters. The molecule has 1 aliphatic rings. The van der Waals surface area contributed by atoms with Gasteiger partial charge in [0.05, 0.1) is 5.92 Å². The molecular weight excluding hydrogens is 337 g/mol. The molecule has 0 saturated heterocycles. The van der Waals surface area contributed by atoms with E-state index >= 15 is 0 Å². The van der Waals surface area contributed by atoms with Crippen LogP contribution in [-0.2, 0) is 4.79 Å². The molecule has 0 spiro atoms. The molecule has 1 heterocycles. The van der Waals surface area contributed by atoms with Crippen molar-refractivity contribution >= 4 is 30.0 Å². The van der Waals surface area contributed by atoms with E-state index in [1.165, 1.54) is 0 Å². The third-order valence-electron chi connectivity index (χ3n) is 3.94. The van der Waals surface area contributed by atoms with Gasteiger partial charge in [0.2, 0.25) is 0 Å². The van der Waals surface area contributed by atoms with Gasteiger partial charge in [-0.1, -0.05) is 29.8 Å². The van der Waals surface area contributed by atoms with Crippen LogP contribution in [0.1, 0.15) is 23.0 Å². The van der Waals surface area contributed by atoms with E-state index in [0.29, 0.717) is 28.6 Å². The molecule has 1 aliphatic heterocycles. The quantitative estimate of drug-likeness (QED) is 0.874. The molecule has 2 atom stereocenters. The minimum Gasteiger partial charge on any atom is -0.481 e. The van der Waals surface area contributed by atoms with Crippen LogP contribution in [-0.4, -0.2) is 24.7 Å². The Kier molecular flexibility index (Phi) is 5.52. The fraction of sp³-hybridized carbons (Fsp3) is 0.235. The van der Waals surface area contributed by atoms with Crippen molar-refractivity contribution in [1.82, 2.24) is 5.32 Å². The summed E-state index contributed by atoms with van der Waals surface area (Å²) in [5.74, 6) is -0.606. The zero-order valence-corrected chi connectivity index (χ0v) is 14.0. The molecule has 122 valence electrons. The molecule has 2 N–H and O–H groups in total. The third-order valence-corrected chi connectivity index (χ3v) is 4.17. The van der Waals surface area contributed by atoms with Gasteiger partial charge in [0, 0.05) is 28.6 Å². The van der Waals surface area contributed by atoms with Crippen molar-refractivity contribution in [2.24, 2.45) is 0 Å². The lowest BCUT2D eigenvalue weighted by Gasteiger charge is -2.23. The number of rotatable bonds is 3. The van der Waals surface area contributed by atoms with Crippen molar-refractivity contribution in [3.8, 4) is 11.5 Å². The van der Waals surface area contributed by atoms with E-state index in [0.717, 1.165) is 5.56 Å². The molecule has 0 aromatic heterocycles. The predicted octanol–water partition coefficient (Wildman–Crippen LogP) is 4.04. The Hall–Kier alpha value is -1.75. The first kappa shape index (κ1) is 17.6. The van der Waals surface area contributed by atoms with Crippen LogP contribution in [0.5, 0.6) is 11.5 Å². The topological polar surface area (TPSA) is 58.6 Å². The summed E-state index contributed by atoms with van der Waals surface area (Å²) in [7, 11) is 1.81. The van der Waals surface area contributed by atoms with Crippen molar-refractivity contribution in [1.29, 1.82) is 0 Å². The van der Waals surface area contributed by atoms with Gasteiger partial charge < -0.3 is 15.2 Å². The Morgan fingerprint density at radius 2 is 1.91 bits per heavy atom. The lowest BCUT2D eigenvalue weighted by Crippen LogP contribution is -2.27. The number of nitrogens with one attached hydrogen (secondary N) is 1. The van der Waals surface area contributed by atoms with E-state index in [1.807, 2.05) is 31.3 Å². The standard InChI is InChI=1S/C17H16ClNO3.ClH/c1-19-9-13-11-4-2-3-5-14(11)22-15-7-6-10(18)8-12(15)16(13)17(20)21;/h2-8,13,16,19H,9H2,1H3,(H,20,21);1H/t13-,16-;/m1./s1. The maximum Gasteiger partial charge on any atom is 0.311 e. The molecule has 0 saturated carbocycles. The Morgan fingerprint density at radius 1 is 1.22 bits per heavy atom. The molecule has 2 aromatic carbocycles. The second-order valence-electron chi connectivity index (χ2n) is 5.30. The molecule has 2 aromatic rings. The van der Waals surface area contributed by atoms with E-state index in [4.69, 9.17) is 16.3 Å². The smallest absolute Gasteiger partial charge is 0.311 e. The monoisotopic (exact) mass is 353 g/mol. The van der Waals surface area contributed by atoms with E-state index in [9.17, 15) is 9.90 Å². The number of carboxylic acids is 1. The van der Waals surface area contributed by atoms with Crippen LogP contribution < -0.4 is 10.1 Å². The lowest BCUT2D eigenvalue weighted by atomic mass is 9.81. The zero-order valence-electron chi connectivity index (χ0n) is 12.5. The lowest BCUT2D eigenvalue weighted by molar-refractivity contribution is -0.139. The Bertz CT molecular complexity index is 721. The predicted molar refractivity (Wildman–Crippen MR) is 92.3 cm³/mol. The molecule has 0 radical (unpaired) electrons. The zero-order chi connectivity index (χ0) is 15.7. The van der Waals surface area contributed by atoms with Gasteiger partial charge in [-0.2, -0.15) is 0 Å². The third kappa shape index (κ3) is 3.29. The highest BCUT2D eigenvalue weighted by atomic mass is 35.5. The van der Waals surface area contributed by atoms with Gasteiger partial charge in [-0.15, -0.1) is 12.4 Å². The summed E-state index contributed by atoms with van der Waals surface area (Å²) >= 11 is 6.07. The number of benzene rings is 2. The number of carboxylic acid groups (broad SMARTS) is 1. The summed E-state index contributed by atoms with van der Waals surface area (Å²) in [5.41, 5.74) is 1.49. The second kappa shape index (κ2) is 7.21. The fourth-order valence-corrected chi connectivity index (χ4v) is 3.18. The van der Waals surface area contributed by atoms with Crippen LogP contribution in [0, 0.1) is 0 Å². The van der Waals surface area contributed by atoms with Gasteiger partial charge in [-0.3, -0.25) is 4.79 Å². The van der Waals surface area contributed by atoms with Crippen molar-refractivity contribution in [3.05, 3.63) is 58.6 Å². The highest BCUT2D eigenvalue weighted by molar-refractivity contribution is 6.30. The molecule has 23 heavy (non-hydrogen) atoms. The molecule has 0 fully saturated rings. The number of likely N-dealkylation sites (N-methyl/N-ethyl adjacent to an activating group) is 1. The van der Waals surface area contributed by atoms with Crippen LogP contribution in [0.15, 0.2) is 42.5 Å². The fourth-order valence-electron chi connectivity index (χ4n) is 3.00. The van der Waals surface area contributed by atoms with E-state index < -0.39 is 11.9 Å². The molecule has 0 bridgehead atoms. The van der Waals surface area contributed by atoms with Crippen molar-refractivity contribution in [2.45, 2.75) is 11.8 Å². The number of halogens is 2. The average molecular weight is 354 g/mol. The van der Waals surface area contributed by atoms with Gasteiger partial charge in [-0.05, 0) is 31.3 Å². The Balaban J connectivity index is 0.00000192. The number of hydrogen-bond donors (Lipinski definition) is 2. The van der Waals surface area contributed by atoms with Gasteiger partial charge >= 0.3 is 5.97 Å². The molecule has 3 rings (SSSR count). The van der Waals surface area contributed by atoms with Crippen molar-refractivity contribution in [3.63, 3.8) is 0 Å². The highest BCUT2D eigenvalue weighted by Gasteiger charge is 2.37. The SMILES string of the molecule is CNC[C@@H]1c2ccccc2Oc2ccc(Cl)cc2[C@H]1C(=O)O.Cl. The van der Waals surface area contributed by atoms with Gasteiger partial charge in [0.1, 0.15) is 11.5 Å². The first-order valence-electron chi connectivity index (χ1n) is 7.05. The first-order valence-corrected chi connectivity index (χ1v) is 7.43. The molecule has 4 nitrogen and oxygen atoms in total. The minimum atomic E-state index is -0.885. The number of aliphatic carboxylic acids is 1. The van der Waals surface area contributed by atoms with E-state index in [1.54, 1.807) is 18.2 Å². The van der Waals surface area contributed by atoms with Crippen LogP contribution in [0.2, 0.25) is 5.02 Å². The maximum atomic E-state index is 11.9. The normalized spacial score (nSPS) is 18.7. The summed E-state index contributed by atoms with van der Waals surface area (Å²) < 4.78 is 5.96. The van der Waals surface area contributed by atoms with Crippen LogP contribution in [0.3, 0.4) is 0 Å². The number of carbonyl (C=O) groups is 1. The van der Waals surface area contributed by atoms with Gasteiger partial charge in [0.25, 0.3) is 0 Å². The van der Waals surface area contributed by atoms with E-state index in [2.05, 4.69) is 5.32 Å². The van der Waals surface area contributed by atoms with Gasteiger partial charge in [0.15, 0.2) is 0 Å². The van der Waals surface area contributed by atoms with E-state index in [-0.39, 0.29) is 18.3 Å². The summed E-state index contributed by atoms with van der Waals surface area (Å²) in [6.07, 6.45) is 0. The number of ether oxygens (including phenoxy) is 1.